The molecule has 4 heteroatoms. The maximum Gasteiger partial charge on any atom is 0.0950 e. The van der Waals surface area contributed by atoms with Crippen molar-refractivity contribution in [1.29, 1.82) is 0 Å². The maximum atomic E-state index is 5.65. The zero-order valence-corrected chi connectivity index (χ0v) is 11.1. The molecule has 3 rings (SSSR count). The molecule has 0 bridgehead atoms. The van der Waals surface area contributed by atoms with Crippen LogP contribution in [0.25, 0.3) is 0 Å². The zero-order valence-electron chi connectivity index (χ0n) is 11.1. The SMILES string of the molecule is CC1CC(n2cncc2C2CCCNC2)CCO1. The van der Waals surface area contributed by atoms with Crippen LogP contribution < -0.4 is 5.32 Å². The molecular formula is C14H23N3O. The van der Waals surface area contributed by atoms with Gasteiger partial charge < -0.3 is 14.6 Å². The van der Waals surface area contributed by atoms with Crippen molar-refractivity contribution in [3.8, 4) is 0 Å². The number of rotatable bonds is 2. The lowest BCUT2D eigenvalue weighted by molar-refractivity contribution is 0.00522. The second-order valence-electron chi connectivity index (χ2n) is 5.63. The summed E-state index contributed by atoms with van der Waals surface area (Å²) in [7, 11) is 0. The lowest BCUT2D eigenvalue weighted by Crippen LogP contribution is -2.31. The molecule has 3 atom stereocenters. The maximum absolute atomic E-state index is 5.65. The van der Waals surface area contributed by atoms with Gasteiger partial charge in [0.2, 0.25) is 0 Å². The van der Waals surface area contributed by atoms with E-state index in [2.05, 4.69) is 28.0 Å². The van der Waals surface area contributed by atoms with Crippen molar-refractivity contribution < 1.29 is 4.74 Å². The summed E-state index contributed by atoms with van der Waals surface area (Å²) in [5.41, 5.74) is 1.42. The molecule has 2 aliphatic heterocycles. The fourth-order valence-electron chi connectivity index (χ4n) is 3.27. The fourth-order valence-corrected chi connectivity index (χ4v) is 3.27. The number of imidazole rings is 1. The van der Waals surface area contributed by atoms with E-state index in [9.17, 15) is 0 Å². The number of nitrogens with one attached hydrogen (secondary N) is 1. The van der Waals surface area contributed by atoms with Crippen LogP contribution in [0.4, 0.5) is 0 Å². The predicted octanol–water partition coefficient (Wildman–Crippen LogP) is 2.09. The topological polar surface area (TPSA) is 39.1 Å². The molecule has 0 aromatic carbocycles. The third-order valence-electron chi connectivity index (χ3n) is 4.26. The van der Waals surface area contributed by atoms with Crippen molar-refractivity contribution in [3.05, 3.63) is 18.2 Å². The highest BCUT2D eigenvalue weighted by Gasteiger charge is 2.25. The molecule has 3 unspecified atom stereocenters. The highest BCUT2D eigenvalue weighted by molar-refractivity contribution is 5.10. The summed E-state index contributed by atoms with van der Waals surface area (Å²) in [5.74, 6) is 0.638. The van der Waals surface area contributed by atoms with Crippen molar-refractivity contribution in [2.45, 2.75) is 50.7 Å². The Bertz CT molecular complexity index is 384. The Morgan fingerprint density at radius 1 is 1.44 bits per heavy atom. The third-order valence-corrected chi connectivity index (χ3v) is 4.26. The zero-order chi connectivity index (χ0) is 12.4. The first-order valence-corrected chi connectivity index (χ1v) is 7.18. The molecule has 4 nitrogen and oxygen atoms in total. The first-order chi connectivity index (χ1) is 8.84. The van der Waals surface area contributed by atoms with Gasteiger partial charge in [-0.25, -0.2) is 4.98 Å². The van der Waals surface area contributed by atoms with Gasteiger partial charge in [-0.15, -0.1) is 0 Å². The molecule has 3 heterocycles. The Hall–Kier alpha value is -0.870. The van der Waals surface area contributed by atoms with Crippen LogP contribution in [-0.4, -0.2) is 35.4 Å². The van der Waals surface area contributed by atoms with E-state index in [4.69, 9.17) is 4.74 Å². The van der Waals surface area contributed by atoms with Gasteiger partial charge in [-0.3, -0.25) is 0 Å². The molecule has 0 saturated carbocycles. The lowest BCUT2D eigenvalue weighted by atomic mass is 9.95. The number of hydrogen-bond donors (Lipinski definition) is 1. The van der Waals surface area contributed by atoms with Crippen molar-refractivity contribution in [1.82, 2.24) is 14.9 Å². The van der Waals surface area contributed by atoms with Gasteiger partial charge in [0.1, 0.15) is 0 Å². The molecule has 0 amide bonds. The summed E-state index contributed by atoms with van der Waals surface area (Å²) in [6, 6.07) is 0.577. The Labute approximate surface area is 109 Å². The van der Waals surface area contributed by atoms with Crippen LogP contribution in [0, 0.1) is 0 Å². The van der Waals surface area contributed by atoms with Crippen LogP contribution in [-0.2, 0) is 4.74 Å². The highest BCUT2D eigenvalue weighted by Crippen LogP contribution is 2.30. The van der Waals surface area contributed by atoms with Crippen LogP contribution in [0.1, 0.15) is 50.3 Å². The number of piperidine rings is 1. The molecule has 2 saturated heterocycles. The van der Waals surface area contributed by atoms with E-state index < -0.39 is 0 Å². The third kappa shape index (κ3) is 2.45. The number of aromatic nitrogens is 2. The van der Waals surface area contributed by atoms with E-state index in [0.29, 0.717) is 18.1 Å². The number of nitrogens with zero attached hydrogens (tertiary/aromatic N) is 2. The van der Waals surface area contributed by atoms with E-state index in [1.54, 1.807) is 0 Å². The van der Waals surface area contributed by atoms with Gasteiger partial charge >= 0.3 is 0 Å². The average Bonchev–Trinajstić information content (AvgIpc) is 2.89. The average molecular weight is 249 g/mol. The molecule has 100 valence electrons. The smallest absolute Gasteiger partial charge is 0.0950 e. The Morgan fingerprint density at radius 2 is 2.39 bits per heavy atom. The van der Waals surface area contributed by atoms with E-state index in [-0.39, 0.29) is 0 Å². The summed E-state index contributed by atoms with van der Waals surface area (Å²) >= 11 is 0. The molecule has 1 aromatic rings. The van der Waals surface area contributed by atoms with Gasteiger partial charge in [-0.2, -0.15) is 0 Å². The number of ether oxygens (including phenoxy) is 1. The standard InChI is InChI=1S/C14H23N3O/c1-11-7-13(4-6-18-11)17-10-16-9-14(17)12-3-2-5-15-8-12/h9-13,15H,2-8H2,1H3. The second-order valence-corrected chi connectivity index (χ2v) is 5.63. The fraction of sp³-hybridized carbons (Fsp3) is 0.786. The number of hydrogen-bond acceptors (Lipinski definition) is 3. The Morgan fingerprint density at radius 3 is 3.17 bits per heavy atom. The molecule has 2 fully saturated rings. The summed E-state index contributed by atoms with van der Waals surface area (Å²) in [4.78, 5) is 4.39. The van der Waals surface area contributed by atoms with E-state index in [1.165, 1.54) is 25.1 Å². The van der Waals surface area contributed by atoms with Gasteiger partial charge in [0.25, 0.3) is 0 Å². The Kier molecular flexibility index (Phi) is 3.66. The first-order valence-electron chi connectivity index (χ1n) is 7.18. The van der Waals surface area contributed by atoms with E-state index >= 15 is 0 Å². The van der Waals surface area contributed by atoms with Gasteiger partial charge in [0.15, 0.2) is 0 Å². The molecular weight excluding hydrogens is 226 g/mol. The minimum absolute atomic E-state index is 0.378. The summed E-state index contributed by atoms with van der Waals surface area (Å²) in [5, 5.41) is 3.50. The van der Waals surface area contributed by atoms with Crippen LogP contribution in [0.15, 0.2) is 12.5 Å². The predicted molar refractivity (Wildman–Crippen MR) is 70.8 cm³/mol. The molecule has 0 radical (unpaired) electrons. The van der Waals surface area contributed by atoms with Crippen LogP contribution >= 0.6 is 0 Å². The second kappa shape index (κ2) is 5.41. The monoisotopic (exact) mass is 249 g/mol. The van der Waals surface area contributed by atoms with Gasteiger partial charge in [0.05, 0.1) is 12.4 Å². The highest BCUT2D eigenvalue weighted by atomic mass is 16.5. The van der Waals surface area contributed by atoms with Gasteiger partial charge in [-0.1, -0.05) is 0 Å². The first kappa shape index (κ1) is 12.2. The van der Waals surface area contributed by atoms with Crippen molar-refractivity contribution >= 4 is 0 Å². The summed E-state index contributed by atoms with van der Waals surface area (Å²) in [6.45, 7) is 5.32. The Balaban J connectivity index is 1.77. The van der Waals surface area contributed by atoms with E-state index in [0.717, 1.165) is 26.0 Å². The minimum Gasteiger partial charge on any atom is -0.378 e. The molecule has 1 N–H and O–H groups in total. The van der Waals surface area contributed by atoms with Crippen LogP contribution in [0.3, 0.4) is 0 Å². The van der Waals surface area contributed by atoms with E-state index in [1.807, 2.05) is 6.33 Å². The van der Waals surface area contributed by atoms with Crippen LogP contribution in [0.2, 0.25) is 0 Å². The normalized spacial score (nSPS) is 33.5. The van der Waals surface area contributed by atoms with Crippen molar-refractivity contribution in [2.24, 2.45) is 0 Å². The molecule has 2 aliphatic rings. The molecule has 0 spiro atoms. The quantitative estimate of drug-likeness (QED) is 0.872. The molecule has 18 heavy (non-hydrogen) atoms. The lowest BCUT2D eigenvalue weighted by Gasteiger charge is -2.32. The van der Waals surface area contributed by atoms with Crippen LogP contribution in [0.5, 0.6) is 0 Å². The van der Waals surface area contributed by atoms with Gasteiger partial charge in [0, 0.05) is 37.0 Å². The molecule has 1 aromatic heterocycles. The minimum atomic E-state index is 0.378. The summed E-state index contributed by atoms with van der Waals surface area (Å²) < 4.78 is 8.06. The van der Waals surface area contributed by atoms with Crippen molar-refractivity contribution in [3.63, 3.8) is 0 Å². The van der Waals surface area contributed by atoms with Gasteiger partial charge in [-0.05, 0) is 39.2 Å². The van der Waals surface area contributed by atoms with Crippen molar-refractivity contribution in [2.75, 3.05) is 19.7 Å². The summed E-state index contributed by atoms with van der Waals surface area (Å²) in [6.07, 6.45) is 9.27. The largest absolute Gasteiger partial charge is 0.378 e. The molecule has 0 aliphatic carbocycles.